The van der Waals surface area contributed by atoms with E-state index >= 15 is 0 Å². The van der Waals surface area contributed by atoms with Gasteiger partial charge in [-0.2, -0.15) is 5.06 Å². The average Bonchev–Trinajstić information content (AvgIpc) is 3.09. The molecule has 5 rings (SSSR count). The van der Waals surface area contributed by atoms with Gasteiger partial charge in [0.15, 0.2) is 11.6 Å². The molecule has 0 unspecified atom stereocenters. The summed E-state index contributed by atoms with van der Waals surface area (Å²) < 4.78 is 7.72. The van der Waals surface area contributed by atoms with Crippen LogP contribution in [0.15, 0.2) is 57.1 Å². The zero-order chi connectivity index (χ0) is 18.2. The summed E-state index contributed by atoms with van der Waals surface area (Å²) in [5, 5.41) is 4.67. The third-order valence-electron chi connectivity index (χ3n) is 4.46. The fourth-order valence-electron chi connectivity index (χ4n) is 3.04. The first-order chi connectivity index (χ1) is 13.3. The van der Waals surface area contributed by atoms with E-state index in [0.717, 1.165) is 17.3 Å². The van der Waals surface area contributed by atoms with Gasteiger partial charge < -0.3 is 9.25 Å². The van der Waals surface area contributed by atoms with Crippen molar-refractivity contribution in [1.29, 1.82) is 0 Å². The van der Waals surface area contributed by atoms with Crippen molar-refractivity contribution in [2.24, 2.45) is 9.98 Å². The molecule has 7 nitrogen and oxygen atoms in total. The van der Waals surface area contributed by atoms with E-state index in [2.05, 4.69) is 19.4 Å². The molecule has 0 radical (unpaired) electrons. The molecule has 0 atom stereocenters. The summed E-state index contributed by atoms with van der Waals surface area (Å²) in [6.45, 7) is 1.07. The zero-order valence-corrected chi connectivity index (χ0v) is 16.1. The Balaban J connectivity index is 1.20. The maximum absolute atomic E-state index is 6.06. The van der Waals surface area contributed by atoms with Crippen LogP contribution in [0.2, 0.25) is 5.02 Å². The molecular formula is C18H18ClN5O2S. The van der Waals surface area contributed by atoms with E-state index in [9.17, 15) is 0 Å². The third kappa shape index (κ3) is 3.52. The molecule has 0 spiro atoms. The number of hydrazine groups is 1. The summed E-state index contributed by atoms with van der Waals surface area (Å²) >= 11 is 7.71. The van der Waals surface area contributed by atoms with Gasteiger partial charge in [0.05, 0.1) is 17.7 Å². The van der Waals surface area contributed by atoms with E-state index < -0.39 is 0 Å². The Morgan fingerprint density at radius 3 is 2.85 bits per heavy atom. The summed E-state index contributed by atoms with van der Waals surface area (Å²) in [5.74, 6) is 3.06. The van der Waals surface area contributed by atoms with Gasteiger partial charge >= 0.3 is 0 Å². The standard InChI is InChI=1S/C18H18ClN5O2S/c19-13-3-1-4-15(9-13)22-11-20-17(26-22)10-27-23-12-21-18(16-5-2-8-25-16)24(23)14-6-7-14/h1-5,8-9,14H,6-7,10-12H2. The quantitative estimate of drug-likeness (QED) is 0.684. The van der Waals surface area contributed by atoms with Crippen molar-refractivity contribution in [1.82, 2.24) is 9.42 Å². The second-order valence-electron chi connectivity index (χ2n) is 6.44. The first-order valence-electron chi connectivity index (χ1n) is 8.80. The number of aliphatic imine (C=N–C) groups is 2. The van der Waals surface area contributed by atoms with Crippen LogP contribution in [0.1, 0.15) is 18.6 Å². The Hall–Kier alpha value is -2.16. The Morgan fingerprint density at radius 1 is 1.15 bits per heavy atom. The molecule has 3 heterocycles. The maximum atomic E-state index is 6.06. The summed E-state index contributed by atoms with van der Waals surface area (Å²) in [4.78, 5) is 15.0. The predicted octanol–water partition coefficient (Wildman–Crippen LogP) is 3.79. The molecule has 1 aliphatic carbocycles. The highest BCUT2D eigenvalue weighted by molar-refractivity contribution is 7.97. The molecule has 1 aromatic heterocycles. The van der Waals surface area contributed by atoms with Crippen molar-refractivity contribution >= 4 is 41.0 Å². The second kappa shape index (κ2) is 7.10. The molecule has 0 N–H and O–H groups in total. The first kappa shape index (κ1) is 17.0. The summed E-state index contributed by atoms with van der Waals surface area (Å²) in [5.41, 5.74) is 0.899. The molecule has 140 valence electrons. The van der Waals surface area contributed by atoms with Crippen LogP contribution < -0.4 is 5.06 Å². The molecule has 0 saturated heterocycles. The molecule has 0 bridgehead atoms. The second-order valence-corrected chi connectivity index (χ2v) is 7.85. The van der Waals surface area contributed by atoms with Crippen molar-refractivity contribution in [3.8, 4) is 0 Å². The van der Waals surface area contributed by atoms with Crippen molar-refractivity contribution in [3.63, 3.8) is 0 Å². The number of rotatable bonds is 6. The number of amidine groups is 1. The minimum absolute atomic E-state index is 0.469. The van der Waals surface area contributed by atoms with E-state index in [4.69, 9.17) is 20.9 Å². The normalized spacial score (nSPS) is 20.0. The number of furan rings is 1. The minimum atomic E-state index is 0.469. The molecular weight excluding hydrogens is 386 g/mol. The number of hydrogen-bond donors (Lipinski definition) is 0. The van der Waals surface area contributed by atoms with Gasteiger partial charge in [-0.25, -0.2) is 9.98 Å². The molecule has 1 aromatic carbocycles. The molecule has 1 saturated carbocycles. The van der Waals surface area contributed by atoms with Crippen LogP contribution in [0.25, 0.3) is 0 Å². The summed E-state index contributed by atoms with van der Waals surface area (Å²) in [6.07, 6.45) is 4.04. The SMILES string of the molecule is Clc1cccc(N2CN=C(CSN3CN=C(c4ccco4)N3C3CC3)O2)c1. The smallest absolute Gasteiger partial charge is 0.230 e. The number of hydroxylamine groups is 1. The number of halogens is 1. The minimum Gasteiger partial charge on any atom is -0.461 e. The van der Waals surface area contributed by atoms with E-state index in [0.29, 0.717) is 36.1 Å². The van der Waals surface area contributed by atoms with E-state index in [1.807, 2.05) is 36.4 Å². The van der Waals surface area contributed by atoms with E-state index in [1.165, 1.54) is 12.8 Å². The van der Waals surface area contributed by atoms with Crippen LogP contribution in [0, 0.1) is 0 Å². The highest BCUT2D eigenvalue weighted by Gasteiger charge is 2.40. The van der Waals surface area contributed by atoms with Gasteiger partial charge in [-0.15, -0.1) is 4.41 Å². The molecule has 3 aliphatic rings. The van der Waals surface area contributed by atoms with Crippen molar-refractivity contribution < 1.29 is 9.25 Å². The lowest BCUT2D eigenvalue weighted by Crippen LogP contribution is -2.39. The van der Waals surface area contributed by atoms with Gasteiger partial charge in [-0.05, 0) is 55.1 Å². The maximum Gasteiger partial charge on any atom is 0.230 e. The zero-order valence-electron chi connectivity index (χ0n) is 14.5. The van der Waals surface area contributed by atoms with Crippen molar-refractivity contribution in [2.75, 3.05) is 24.2 Å². The molecule has 2 aliphatic heterocycles. The monoisotopic (exact) mass is 403 g/mol. The molecule has 27 heavy (non-hydrogen) atoms. The highest BCUT2D eigenvalue weighted by Crippen LogP contribution is 2.36. The van der Waals surface area contributed by atoms with E-state index in [1.54, 1.807) is 23.3 Å². The lowest BCUT2D eigenvalue weighted by molar-refractivity contribution is 0.184. The van der Waals surface area contributed by atoms with Gasteiger partial charge in [-0.3, -0.25) is 5.01 Å². The molecule has 9 heteroatoms. The van der Waals surface area contributed by atoms with Crippen molar-refractivity contribution in [2.45, 2.75) is 18.9 Å². The van der Waals surface area contributed by atoms with Gasteiger partial charge in [0, 0.05) is 11.1 Å². The number of anilines is 1. The van der Waals surface area contributed by atoms with E-state index in [-0.39, 0.29) is 0 Å². The van der Waals surface area contributed by atoms with Crippen LogP contribution in [-0.4, -0.2) is 46.3 Å². The average molecular weight is 404 g/mol. The Kier molecular flexibility index (Phi) is 4.47. The molecule has 1 fully saturated rings. The van der Waals surface area contributed by atoms with Gasteiger partial charge in [0.1, 0.15) is 13.3 Å². The van der Waals surface area contributed by atoms with Gasteiger partial charge in [0.25, 0.3) is 0 Å². The van der Waals surface area contributed by atoms with Crippen LogP contribution in [-0.2, 0) is 4.84 Å². The fourth-order valence-corrected chi connectivity index (χ4v) is 4.11. The number of hydrogen-bond acceptors (Lipinski definition) is 8. The van der Waals surface area contributed by atoms with Gasteiger partial charge in [0.2, 0.25) is 5.90 Å². The number of nitrogens with zero attached hydrogens (tertiary/aromatic N) is 5. The Bertz CT molecular complexity index is 884. The van der Waals surface area contributed by atoms with Crippen LogP contribution in [0.3, 0.4) is 0 Å². The summed E-state index contributed by atoms with van der Waals surface area (Å²) in [6, 6.07) is 11.9. The van der Waals surface area contributed by atoms with Crippen molar-refractivity contribution in [3.05, 3.63) is 53.4 Å². The first-order valence-corrected chi connectivity index (χ1v) is 10.1. The fraction of sp³-hybridized carbons (Fsp3) is 0.333. The molecule has 0 amide bonds. The Morgan fingerprint density at radius 2 is 2.07 bits per heavy atom. The topological polar surface area (TPSA) is 56.8 Å². The summed E-state index contributed by atoms with van der Waals surface area (Å²) in [7, 11) is 0. The third-order valence-corrected chi connectivity index (χ3v) is 5.66. The largest absolute Gasteiger partial charge is 0.461 e. The van der Waals surface area contributed by atoms with Crippen LogP contribution >= 0.6 is 23.5 Å². The van der Waals surface area contributed by atoms with Gasteiger partial charge in [-0.1, -0.05) is 17.7 Å². The van der Waals surface area contributed by atoms with Crippen LogP contribution in [0.5, 0.6) is 0 Å². The predicted molar refractivity (Wildman–Crippen MR) is 107 cm³/mol. The number of benzene rings is 1. The lowest BCUT2D eigenvalue weighted by Gasteiger charge is -2.28. The molecule has 2 aromatic rings. The lowest BCUT2D eigenvalue weighted by atomic mass is 10.3. The Labute approximate surface area is 166 Å². The van der Waals surface area contributed by atoms with Crippen LogP contribution in [0.4, 0.5) is 5.69 Å². The highest BCUT2D eigenvalue weighted by atomic mass is 35.5.